The number of hydrogen-bond acceptors (Lipinski definition) is 4. The van der Waals surface area contributed by atoms with Crippen molar-refractivity contribution in [2.24, 2.45) is 0 Å². The fourth-order valence-corrected chi connectivity index (χ4v) is 1.47. The molecule has 96 valence electrons. The van der Waals surface area contributed by atoms with E-state index in [9.17, 15) is 13.2 Å². The summed E-state index contributed by atoms with van der Waals surface area (Å²) in [7, 11) is -3.50. The van der Waals surface area contributed by atoms with Gasteiger partial charge in [0.15, 0.2) is 9.84 Å². The Balaban J connectivity index is 2.92. The molecule has 0 heterocycles. The summed E-state index contributed by atoms with van der Waals surface area (Å²) < 4.78 is 21.5. The molecule has 1 rings (SSSR count). The topological polar surface area (TPSA) is 87.0 Å². The molecule has 0 unspecified atom stereocenters. The molecule has 0 aliphatic rings. The number of carbonyl (C=O) groups excluding carboxylic acids is 1. The van der Waals surface area contributed by atoms with E-state index in [2.05, 4.69) is 5.32 Å². The van der Waals surface area contributed by atoms with E-state index in [0.717, 1.165) is 6.26 Å². The maximum atomic E-state index is 11.9. The largest absolute Gasteiger partial charge is 0.325 e. The van der Waals surface area contributed by atoms with Gasteiger partial charge in [-0.15, -0.1) is 0 Å². The summed E-state index contributed by atoms with van der Waals surface area (Å²) in [6.07, 6.45) is 1.02. The molecule has 0 saturated carbocycles. The van der Waals surface area contributed by atoms with Gasteiger partial charge in [0.2, 0.25) is 5.91 Å². The van der Waals surface area contributed by atoms with Gasteiger partial charge in [-0.3, -0.25) is 4.79 Å². The molecule has 0 aliphatic heterocycles. The highest BCUT2D eigenvalue weighted by Gasteiger charge is 2.38. The van der Waals surface area contributed by atoms with Gasteiger partial charge in [0.1, 0.15) is 4.75 Å². The Kier molecular flexibility index (Phi) is 3.77. The first-order chi connectivity index (χ1) is 8.18. The molecule has 18 heavy (non-hydrogen) atoms. The molecule has 1 amide bonds. The number of carbonyl (C=O) groups is 1. The standard InChI is InChI=1S/C12H14N2O3S/c1-12(2,18(3,16)17)11(15)14-10-6-4-9(8-13)5-7-10/h4-7H,1-3H3,(H,14,15). The average molecular weight is 266 g/mol. The molecular formula is C12H14N2O3S. The van der Waals surface area contributed by atoms with Crippen molar-refractivity contribution in [1.82, 2.24) is 0 Å². The van der Waals surface area contributed by atoms with Crippen LogP contribution >= 0.6 is 0 Å². The van der Waals surface area contributed by atoms with Crippen molar-refractivity contribution in [2.45, 2.75) is 18.6 Å². The molecule has 0 aromatic heterocycles. The van der Waals surface area contributed by atoms with Crippen LogP contribution in [0.25, 0.3) is 0 Å². The second-order valence-electron chi connectivity index (χ2n) is 4.43. The lowest BCUT2D eigenvalue weighted by molar-refractivity contribution is -0.117. The number of nitrogens with one attached hydrogen (secondary N) is 1. The lowest BCUT2D eigenvalue weighted by Gasteiger charge is -2.21. The summed E-state index contributed by atoms with van der Waals surface area (Å²) in [5.41, 5.74) is 0.922. The number of rotatable bonds is 3. The zero-order valence-corrected chi connectivity index (χ0v) is 11.2. The van der Waals surface area contributed by atoms with Gasteiger partial charge < -0.3 is 5.32 Å². The van der Waals surface area contributed by atoms with E-state index in [0.29, 0.717) is 11.3 Å². The third-order valence-corrected chi connectivity index (χ3v) is 4.79. The predicted molar refractivity (Wildman–Crippen MR) is 68.7 cm³/mol. The Morgan fingerprint density at radius 1 is 1.28 bits per heavy atom. The smallest absolute Gasteiger partial charge is 0.245 e. The van der Waals surface area contributed by atoms with Gasteiger partial charge in [-0.25, -0.2) is 8.42 Å². The Hall–Kier alpha value is -1.87. The number of nitriles is 1. The summed E-state index contributed by atoms with van der Waals surface area (Å²) in [6, 6.07) is 8.14. The van der Waals surface area contributed by atoms with Gasteiger partial charge in [-0.1, -0.05) is 0 Å². The van der Waals surface area contributed by atoms with E-state index >= 15 is 0 Å². The lowest BCUT2D eigenvalue weighted by Crippen LogP contribution is -2.43. The van der Waals surface area contributed by atoms with Crippen LogP contribution in [0.2, 0.25) is 0 Å². The first-order valence-corrected chi connectivity index (χ1v) is 7.09. The van der Waals surface area contributed by atoms with Gasteiger partial charge in [-0.05, 0) is 38.1 Å². The van der Waals surface area contributed by atoms with Crippen molar-refractivity contribution in [3.8, 4) is 6.07 Å². The van der Waals surface area contributed by atoms with Crippen LogP contribution in [0, 0.1) is 11.3 Å². The third kappa shape index (κ3) is 2.87. The van der Waals surface area contributed by atoms with E-state index in [-0.39, 0.29) is 0 Å². The SMILES string of the molecule is CC(C)(C(=O)Nc1ccc(C#N)cc1)S(C)(=O)=O. The van der Waals surface area contributed by atoms with Crippen molar-refractivity contribution in [3.05, 3.63) is 29.8 Å². The van der Waals surface area contributed by atoms with Crippen molar-refractivity contribution in [1.29, 1.82) is 5.26 Å². The predicted octanol–water partition coefficient (Wildman–Crippen LogP) is 1.32. The lowest BCUT2D eigenvalue weighted by atomic mass is 10.1. The fourth-order valence-electron chi connectivity index (χ4n) is 1.08. The Labute approximate surface area is 106 Å². The molecule has 0 spiro atoms. The molecule has 1 N–H and O–H groups in total. The van der Waals surface area contributed by atoms with Crippen LogP contribution in [-0.2, 0) is 14.6 Å². The van der Waals surface area contributed by atoms with Crippen molar-refractivity contribution >= 4 is 21.4 Å². The average Bonchev–Trinajstić information content (AvgIpc) is 2.28. The summed E-state index contributed by atoms with van der Waals surface area (Å²) in [6.45, 7) is 2.70. The first-order valence-electron chi connectivity index (χ1n) is 5.19. The Morgan fingerprint density at radius 3 is 2.17 bits per heavy atom. The molecule has 0 aliphatic carbocycles. The van der Waals surface area contributed by atoms with E-state index in [4.69, 9.17) is 5.26 Å². The van der Waals surface area contributed by atoms with Crippen LogP contribution < -0.4 is 5.32 Å². The number of benzene rings is 1. The maximum Gasteiger partial charge on any atom is 0.245 e. The van der Waals surface area contributed by atoms with Gasteiger partial charge in [-0.2, -0.15) is 5.26 Å². The number of nitrogens with zero attached hydrogens (tertiary/aromatic N) is 1. The highest BCUT2D eigenvalue weighted by Crippen LogP contribution is 2.18. The van der Waals surface area contributed by atoms with Gasteiger partial charge in [0.05, 0.1) is 11.6 Å². The normalized spacial score (nSPS) is 11.7. The maximum absolute atomic E-state index is 11.9. The molecular weight excluding hydrogens is 252 g/mol. The quantitative estimate of drug-likeness (QED) is 0.893. The molecule has 1 aromatic carbocycles. The minimum absolute atomic E-state index is 0.454. The van der Waals surface area contributed by atoms with Crippen molar-refractivity contribution < 1.29 is 13.2 Å². The molecule has 6 heteroatoms. The van der Waals surface area contributed by atoms with Crippen LogP contribution in [0.3, 0.4) is 0 Å². The third-order valence-electron chi connectivity index (χ3n) is 2.75. The van der Waals surface area contributed by atoms with E-state index in [1.54, 1.807) is 24.3 Å². The number of hydrogen-bond donors (Lipinski definition) is 1. The van der Waals surface area contributed by atoms with Crippen LogP contribution in [0.1, 0.15) is 19.4 Å². The van der Waals surface area contributed by atoms with Gasteiger partial charge >= 0.3 is 0 Å². The van der Waals surface area contributed by atoms with E-state index in [1.165, 1.54) is 13.8 Å². The second-order valence-corrected chi connectivity index (χ2v) is 6.99. The fraction of sp³-hybridized carbons (Fsp3) is 0.333. The van der Waals surface area contributed by atoms with Crippen molar-refractivity contribution in [2.75, 3.05) is 11.6 Å². The summed E-state index contributed by atoms with van der Waals surface area (Å²) in [4.78, 5) is 11.9. The van der Waals surface area contributed by atoms with Crippen LogP contribution in [-0.4, -0.2) is 25.3 Å². The second kappa shape index (κ2) is 4.78. The van der Waals surface area contributed by atoms with Crippen molar-refractivity contribution in [3.63, 3.8) is 0 Å². The minimum atomic E-state index is -3.50. The molecule has 5 nitrogen and oxygen atoms in total. The molecule has 0 radical (unpaired) electrons. The van der Waals surface area contributed by atoms with Gasteiger partial charge in [0, 0.05) is 11.9 Å². The number of amides is 1. The molecule has 0 bridgehead atoms. The molecule has 1 aromatic rings. The Bertz CT molecular complexity index is 595. The number of anilines is 1. The summed E-state index contributed by atoms with van der Waals surface area (Å²) >= 11 is 0. The molecule has 0 fully saturated rings. The zero-order valence-electron chi connectivity index (χ0n) is 10.4. The minimum Gasteiger partial charge on any atom is -0.325 e. The molecule has 0 atom stereocenters. The van der Waals surface area contributed by atoms with Gasteiger partial charge in [0.25, 0.3) is 0 Å². The summed E-state index contributed by atoms with van der Waals surface area (Å²) in [5.74, 6) is -0.602. The number of sulfone groups is 1. The molecule has 0 saturated heterocycles. The Morgan fingerprint density at radius 2 is 1.78 bits per heavy atom. The van der Waals surface area contributed by atoms with E-state index < -0.39 is 20.5 Å². The monoisotopic (exact) mass is 266 g/mol. The highest BCUT2D eigenvalue weighted by molar-refractivity contribution is 7.92. The summed E-state index contributed by atoms with van der Waals surface area (Å²) in [5, 5.41) is 11.1. The van der Waals surface area contributed by atoms with Crippen LogP contribution in [0.15, 0.2) is 24.3 Å². The zero-order chi connectivity index (χ0) is 14.0. The highest BCUT2D eigenvalue weighted by atomic mass is 32.2. The first kappa shape index (κ1) is 14.2. The van der Waals surface area contributed by atoms with E-state index in [1.807, 2.05) is 6.07 Å². The van der Waals surface area contributed by atoms with Crippen LogP contribution in [0.4, 0.5) is 5.69 Å². The van der Waals surface area contributed by atoms with Crippen LogP contribution in [0.5, 0.6) is 0 Å².